The minimum absolute atomic E-state index is 0.103. The fourth-order valence-electron chi connectivity index (χ4n) is 0.912. The van der Waals surface area contributed by atoms with Gasteiger partial charge in [0.1, 0.15) is 12.1 Å². The van der Waals surface area contributed by atoms with Crippen molar-refractivity contribution in [3.8, 4) is 5.88 Å². The third-order valence-electron chi connectivity index (χ3n) is 1.53. The molecule has 1 rings (SSSR count). The van der Waals surface area contributed by atoms with Crippen LogP contribution in [0.1, 0.15) is 16.9 Å². The Hall–Kier alpha value is -1.91. The zero-order chi connectivity index (χ0) is 10.6. The van der Waals surface area contributed by atoms with Gasteiger partial charge in [0, 0.05) is 6.07 Å². The van der Waals surface area contributed by atoms with E-state index in [-0.39, 0.29) is 5.69 Å². The molecule has 5 heteroatoms. The number of Topliss-reactive ketones (excluding diaryl/α,β-unsaturated/α-hetero) is 1. The minimum Gasteiger partial charge on any atom is -0.481 e. The van der Waals surface area contributed by atoms with Gasteiger partial charge in [-0.1, -0.05) is 6.07 Å². The summed E-state index contributed by atoms with van der Waals surface area (Å²) in [5, 5.41) is 8.39. The Balaban J connectivity index is 2.84. The number of methoxy groups -OCH3 is 1. The van der Waals surface area contributed by atoms with Crippen LogP contribution in [0.4, 0.5) is 0 Å². The molecule has 5 nitrogen and oxygen atoms in total. The number of carboxylic acid groups (broad SMARTS) is 1. The normalized spacial score (nSPS) is 9.50. The van der Waals surface area contributed by atoms with Crippen LogP contribution in [0.25, 0.3) is 0 Å². The third-order valence-corrected chi connectivity index (χ3v) is 1.53. The maximum absolute atomic E-state index is 11.2. The lowest BCUT2D eigenvalue weighted by Gasteiger charge is -2.00. The highest BCUT2D eigenvalue weighted by Crippen LogP contribution is 2.08. The molecule has 0 fully saturated rings. The Morgan fingerprint density at radius 2 is 2.21 bits per heavy atom. The van der Waals surface area contributed by atoms with E-state index in [9.17, 15) is 9.59 Å². The molecule has 0 saturated heterocycles. The molecule has 0 unspecified atom stereocenters. The number of aliphatic carboxylic acids is 1. The molecule has 0 aliphatic heterocycles. The molecule has 1 N–H and O–H groups in total. The van der Waals surface area contributed by atoms with Gasteiger partial charge in [-0.3, -0.25) is 9.59 Å². The number of carbonyl (C=O) groups excluding carboxylic acids is 1. The Labute approximate surface area is 80.3 Å². The Bertz CT molecular complexity index is 362. The number of ether oxygens (including phenoxy) is 1. The molecule has 1 heterocycles. The molecule has 1 aromatic rings. The van der Waals surface area contributed by atoms with Crippen LogP contribution >= 0.6 is 0 Å². The van der Waals surface area contributed by atoms with E-state index in [1.54, 1.807) is 12.1 Å². The second kappa shape index (κ2) is 4.36. The molecule has 0 aliphatic rings. The van der Waals surface area contributed by atoms with Gasteiger partial charge < -0.3 is 9.84 Å². The molecule has 0 aromatic carbocycles. The van der Waals surface area contributed by atoms with Crippen LogP contribution in [-0.4, -0.2) is 29.0 Å². The van der Waals surface area contributed by atoms with Crippen molar-refractivity contribution in [2.75, 3.05) is 7.11 Å². The summed E-state index contributed by atoms with van der Waals surface area (Å²) in [6.45, 7) is 0. The molecule has 0 spiro atoms. The average molecular weight is 195 g/mol. The summed E-state index contributed by atoms with van der Waals surface area (Å²) in [5.74, 6) is -1.41. The van der Waals surface area contributed by atoms with E-state index in [1.165, 1.54) is 13.2 Å². The summed E-state index contributed by atoms with van der Waals surface area (Å²) in [6.07, 6.45) is -0.555. The zero-order valence-corrected chi connectivity index (χ0v) is 7.56. The van der Waals surface area contributed by atoms with Gasteiger partial charge >= 0.3 is 5.97 Å². The van der Waals surface area contributed by atoms with E-state index in [0.717, 1.165) is 0 Å². The molecular formula is C9H9NO4. The van der Waals surface area contributed by atoms with Crippen molar-refractivity contribution in [1.82, 2.24) is 4.98 Å². The van der Waals surface area contributed by atoms with E-state index in [0.29, 0.717) is 5.88 Å². The number of rotatable bonds is 4. The van der Waals surface area contributed by atoms with Crippen LogP contribution in [0.2, 0.25) is 0 Å². The SMILES string of the molecule is COc1cccc(C(=O)CC(=O)O)n1. The lowest BCUT2D eigenvalue weighted by Crippen LogP contribution is -2.09. The highest BCUT2D eigenvalue weighted by Gasteiger charge is 2.12. The molecule has 0 aliphatic carbocycles. The largest absolute Gasteiger partial charge is 0.481 e. The standard InChI is InChI=1S/C9H9NO4/c1-14-8-4-2-3-6(10-8)7(11)5-9(12)13/h2-4H,5H2,1H3,(H,12,13). The van der Waals surface area contributed by atoms with E-state index in [2.05, 4.69) is 4.98 Å². The monoisotopic (exact) mass is 195 g/mol. The van der Waals surface area contributed by atoms with Gasteiger partial charge in [0.05, 0.1) is 7.11 Å². The smallest absolute Gasteiger partial charge is 0.311 e. The predicted octanol–water partition coefficient (Wildman–Crippen LogP) is 0.748. The molecule has 0 saturated carbocycles. The van der Waals surface area contributed by atoms with Gasteiger partial charge in [-0.15, -0.1) is 0 Å². The lowest BCUT2D eigenvalue weighted by molar-refractivity contribution is -0.135. The van der Waals surface area contributed by atoms with Crippen molar-refractivity contribution in [3.05, 3.63) is 23.9 Å². The van der Waals surface area contributed by atoms with Crippen LogP contribution in [0.15, 0.2) is 18.2 Å². The molecule has 0 radical (unpaired) electrons. The molecule has 14 heavy (non-hydrogen) atoms. The fourth-order valence-corrected chi connectivity index (χ4v) is 0.912. The van der Waals surface area contributed by atoms with Crippen molar-refractivity contribution in [1.29, 1.82) is 0 Å². The first-order valence-corrected chi connectivity index (χ1v) is 3.89. The van der Waals surface area contributed by atoms with Gasteiger partial charge in [-0.2, -0.15) is 0 Å². The lowest BCUT2D eigenvalue weighted by atomic mass is 10.2. The number of carbonyl (C=O) groups is 2. The molecule has 0 bridgehead atoms. The second-order valence-electron chi connectivity index (χ2n) is 2.56. The van der Waals surface area contributed by atoms with Crippen LogP contribution < -0.4 is 4.74 Å². The Kier molecular flexibility index (Phi) is 3.17. The van der Waals surface area contributed by atoms with E-state index >= 15 is 0 Å². The zero-order valence-electron chi connectivity index (χ0n) is 7.56. The highest BCUT2D eigenvalue weighted by atomic mass is 16.5. The predicted molar refractivity (Wildman–Crippen MR) is 47.4 cm³/mol. The quantitative estimate of drug-likeness (QED) is 0.566. The van der Waals surface area contributed by atoms with Crippen LogP contribution in [-0.2, 0) is 4.79 Å². The van der Waals surface area contributed by atoms with Crippen LogP contribution in [0.5, 0.6) is 5.88 Å². The van der Waals surface area contributed by atoms with Crippen molar-refractivity contribution in [3.63, 3.8) is 0 Å². The highest BCUT2D eigenvalue weighted by molar-refractivity contribution is 6.04. The summed E-state index contributed by atoms with van der Waals surface area (Å²) < 4.78 is 4.80. The number of hydrogen-bond acceptors (Lipinski definition) is 4. The van der Waals surface area contributed by atoms with Gasteiger partial charge in [0.15, 0.2) is 5.78 Å². The van der Waals surface area contributed by atoms with Crippen molar-refractivity contribution in [2.24, 2.45) is 0 Å². The number of carboxylic acids is 1. The molecule has 1 aromatic heterocycles. The topological polar surface area (TPSA) is 76.5 Å². The molecule has 0 amide bonds. The van der Waals surface area contributed by atoms with Crippen LogP contribution in [0.3, 0.4) is 0 Å². The number of aromatic nitrogens is 1. The van der Waals surface area contributed by atoms with Gasteiger partial charge in [-0.05, 0) is 6.07 Å². The first-order valence-electron chi connectivity index (χ1n) is 3.89. The van der Waals surface area contributed by atoms with E-state index < -0.39 is 18.2 Å². The fraction of sp³-hybridized carbons (Fsp3) is 0.222. The van der Waals surface area contributed by atoms with Crippen molar-refractivity contribution >= 4 is 11.8 Å². The van der Waals surface area contributed by atoms with Crippen LogP contribution in [0, 0.1) is 0 Å². The van der Waals surface area contributed by atoms with Gasteiger partial charge in [-0.25, -0.2) is 4.98 Å². The summed E-state index contributed by atoms with van der Waals surface area (Å²) in [4.78, 5) is 25.3. The summed E-state index contributed by atoms with van der Waals surface area (Å²) >= 11 is 0. The number of pyridine rings is 1. The first kappa shape index (κ1) is 10.2. The minimum atomic E-state index is -1.17. The number of nitrogens with zero attached hydrogens (tertiary/aromatic N) is 1. The number of ketones is 1. The van der Waals surface area contributed by atoms with E-state index in [1.807, 2.05) is 0 Å². The Morgan fingerprint density at radius 3 is 2.79 bits per heavy atom. The third kappa shape index (κ3) is 2.55. The average Bonchev–Trinajstić information content (AvgIpc) is 2.17. The maximum atomic E-state index is 11.2. The molecule has 0 atom stereocenters. The maximum Gasteiger partial charge on any atom is 0.311 e. The Morgan fingerprint density at radius 1 is 1.50 bits per heavy atom. The van der Waals surface area contributed by atoms with Crippen molar-refractivity contribution < 1.29 is 19.4 Å². The van der Waals surface area contributed by atoms with Crippen molar-refractivity contribution in [2.45, 2.75) is 6.42 Å². The van der Waals surface area contributed by atoms with Gasteiger partial charge in [0.25, 0.3) is 0 Å². The number of hydrogen-bond donors (Lipinski definition) is 1. The molecule has 74 valence electrons. The molecular weight excluding hydrogens is 186 g/mol. The second-order valence-corrected chi connectivity index (χ2v) is 2.56. The summed E-state index contributed by atoms with van der Waals surface area (Å²) in [5.41, 5.74) is 0.103. The first-order chi connectivity index (χ1) is 6.63. The summed E-state index contributed by atoms with van der Waals surface area (Å²) in [7, 11) is 1.42. The van der Waals surface area contributed by atoms with Gasteiger partial charge in [0.2, 0.25) is 5.88 Å². The summed E-state index contributed by atoms with van der Waals surface area (Å²) in [6, 6.07) is 4.62. The van der Waals surface area contributed by atoms with E-state index in [4.69, 9.17) is 9.84 Å².